The van der Waals surface area contributed by atoms with Gasteiger partial charge in [-0.3, -0.25) is 10.1 Å². The summed E-state index contributed by atoms with van der Waals surface area (Å²) in [5.41, 5.74) is 5.47. The molecular weight excluding hydrogens is 392 g/mol. The molecule has 0 radical (unpaired) electrons. The topological polar surface area (TPSA) is 55.1 Å². The zero-order chi connectivity index (χ0) is 19.1. The number of thiazole rings is 1. The zero-order valence-corrected chi connectivity index (χ0v) is 16.6. The second-order valence-corrected chi connectivity index (χ2v) is 8.27. The quantitative estimate of drug-likeness (QED) is 0.430. The molecule has 2 aromatic heterocycles. The van der Waals surface area contributed by atoms with E-state index in [0.717, 1.165) is 29.5 Å². The van der Waals surface area contributed by atoms with Gasteiger partial charge < -0.3 is 4.42 Å². The lowest BCUT2D eigenvalue weighted by molar-refractivity contribution is 0.0998. The van der Waals surface area contributed by atoms with Crippen molar-refractivity contribution in [3.8, 4) is 11.3 Å². The van der Waals surface area contributed by atoms with Crippen LogP contribution >= 0.6 is 22.9 Å². The van der Waals surface area contributed by atoms with E-state index in [4.69, 9.17) is 16.0 Å². The van der Waals surface area contributed by atoms with Crippen LogP contribution in [0.1, 0.15) is 34.5 Å². The van der Waals surface area contributed by atoms with E-state index in [0.29, 0.717) is 15.7 Å². The predicted octanol–water partition coefficient (Wildman–Crippen LogP) is 6.34. The lowest BCUT2D eigenvalue weighted by atomic mass is 9.90. The molecular formula is C22H17ClN2O2S. The Morgan fingerprint density at radius 3 is 2.82 bits per heavy atom. The van der Waals surface area contributed by atoms with E-state index >= 15 is 0 Å². The number of fused-ring (bicyclic) bond motifs is 2. The monoisotopic (exact) mass is 408 g/mol. The Kier molecular flexibility index (Phi) is 4.41. The third-order valence-electron chi connectivity index (χ3n) is 5.07. The number of amides is 1. The molecule has 0 spiro atoms. The lowest BCUT2D eigenvalue weighted by Crippen LogP contribution is -2.10. The molecule has 140 valence electrons. The predicted molar refractivity (Wildman–Crippen MR) is 113 cm³/mol. The van der Waals surface area contributed by atoms with Crippen LogP contribution < -0.4 is 5.32 Å². The number of carbonyl (C=O) groups is 1. The number of rotatable bonds is 3. The summed E-state index contributed by atoms with van der Waals surface area (Å²) in [5, 5.41) is 6.75. The van der Waals surface area contributed by atoms with E-state index in [-0.39, 0.29) is 11.7 Å². The summed E-state index contributed by atoms with van der Waals surface area (Å²) < 4.78 is 5.62. The van der Waals surface area contributed by atoms with Crippen LogP contribution in [0.15, 0.2) is 52.3 Å². The minimum Gasteiger partial charge on any atom is -0.451 e. The Bertz CT molecular complexity index is 1190. The number of nitrogens with zero attached hydrogens (tertiary/aromatic N) is 1. The molecule has 1 aliphatic carbocycles. The van der Waals surface area contributed by atoms with Crippen molar-refractivity contribution in [1.82, 2.24) is 4.98 Å². The highest BCUT2D eigenvalue weighted by atomic mass is 35.5. The van der Waals surface area contributed by atoms with Gasteiger partial charge in [-0.2, -0.15) is 0 Å². The fraction of sp³-hybridized carbons (Fsp3) is 0.182. The fourth-order valence-corrected chi connectivity index (χ4v) is 4.54. The molecule has 28 heavy (non-hydrogen) atoms. The van der Waals surface area contributed by atoms with Crippen LogP contribution in [0.4, 0.5) is 5.13 Å². The zero-order valence-electron chi connectivity index (χ0n) is 15.0. The molecule has 6 heteroatoms. The number of aromatic nitrogens is 1. The van der Waals surface area contributed by atoms with Crippen LogP contribution in [-0.2, 0) is 12.8 Å². The van der Waals surface area contributed by atoms with Crippen molar-refractivity contribution < 1.29 is 9.21 Å². The van der Waals surface area contributed by atoms with Crippen LogP contribution in [-0.4, -0.2) is 10.9 Å². The molecule has 1 amide bonds. The number of hydrogen-bond donors (Lipinski definition) is 1. The normalized spacial score (nSPS) is 13.5. The standard InChI is InChI=1S/C22H17ClN2O2S/c23-17-7-8-19-16(10-17)11-20(27-19)21(26)25-22-24-18(12-28-22)15-6-5-13-3-1-2-4-14(13)9-15/h5-12H,1-4H2,(H,24,25,26). The SMILES string of the molecule is O=C(Nc1nc(-c2ccc3c(c2)CCCC3)cs1)c1cc2cc(Cl)ccc2o1. The van der Waals surface area contributed by atoms with Gasteiger partial charge in [-0.05, 0) is 67.1 Å². The van der Waals surface area contributed by atoms with E-state index in [1.165, 1.54) is 35.3 Å². The fourth-order valence-electron chi connectivity index (χ4n) is 3.64. The largest absolute Gasteiger partial charge is 0.451 e. The van der Waals surface area contributed by atoms with Gasteiger partial charge in [-0.15, -0.1) is 11.3 Å². The number of halogens is 1. The van der Waals surface area contributed by atoms with Gasteiger partial charge in [0.1, 0.15) is 5.58 Å². The summed E-state index contributed by atoms with van der Waals surface area (Å²) >= 11 is 7.40. The average molecular weight is 409 g/mol. The number of furan rings is 1. The van der Waals surface area contributed by atoms with Crippen LogP contribution in [0.3, 0.4) is 0 Å². The summed E-state index contributed by atoms with van der Waals surface area (Å²) in [5.74, 6) is -0.0820. The van der Waals surface area contributed by atoms with Gasteiger partial charge in [-0.1, -0.05) is 23.7 Å². The molecule has 1 N–H and O–H groups in total. The Labute approximate surface area is 171 Å². The second-order valence-electron chi connectivity index (χ2n) is 6.98. The van der Waals surface area contributed by atoms with Gasteiger partial charge in [0.05, 0.1) is 5.69 Å². The van der Waals surface area contributed by atoms with Crippen molar-refractivity contribution in [2.45, 2.75) is 25.7 Å². The number of nitrogens with one attached hydrogen (secondary N) is 1. The smallest absolute Gasteiger partial charge is 0.293 e. The van der Waals surface area contributed by atoms with Crippen LogP contribution in [0.2, 0.25) is 5.02 Å². The lowest BCUT2D eigenvalue weighted by Gasteiger charge is -2.16. The minimum absolute atomic E-state index is 0.239. The average Bonchev–Trinajstić information content (AvgIpc) is 3.34. The van der Waals surface area contributed by atoms with Gasteiger partial charge >= 0.3 is 0 Å². The Morgan fingerprint density at radius 1 is 1.07 bits per heavy atom. The van der Waals surface area contributed by atoms with Crippen molar-refractivity contribution in [2.75, 3.05) is 5.32 Å². The van der Waals surface area contributed by atoms with Crippen molar-refractivity contribution in [3.63, 3.8) is 0 Å². The van der Waals surface area contributed by atoms with Gasteiger partial charge in [0.2, 0.25) is 0 Å². The number of anilines is 1. The van der Waals surface area contributed by atoms with E-state index in [9.17, 15) is 4.79 Å². The van der Waals surface area contributed by atoms with E-state index in [2.05, 4.69) is 28.5 Å². The van der Waals surface area contributed by atoms with Gasteiger partial charge in [0, 0.05) is 21.4 Å². The molecule has 4 aromatic rings. The van der Waals surface area contributed by atoms with Gasteiger partial charge in [0.25, 0.3) is 5.91 Å². The maximum absolute atomic E-state index is 12.5. The highest BCUT2D eigenvalue weighted by molar-refractivity contribution is 7.14. The summed E-state index contributed by atoms with van der Waals surface area (Å²) in [6.45, 7) is 0. The summed E-state index contributed by atoms with van der Waals surface area (Å²) in [4.78, 5) is 17.1. The minimum atomic E-state index is -0.321. The molecule has 0 saturated carbocycles. The third kappa shape index (κ3) is 3.32. The number of carbonyl (C=O) groups excluding carboxylic acids is 1. The highest BCUT2D eigenvalue weighted by Crippen LogP contribution is 2.30. The Balaban J connectivity index is 1.36. The third-order valence-corrected chi connectivity index (χ3v) is 6.06. The maximum Gasteiger partial charge on any atom is 0.293 e. The van der Waals surface area contributed by atoms with E-state index in [1.807, 2.05) is 5.38 Å². The van der Waals surface area contributed by atoms with Crippen molar-refractivity contribution >= 4 is 44.9 Å². The number of benzene rings is 2. The molecule has 5 rings (SSSR count). The summed E-state index contributed by atoms with van der Waals surface area (Å²) in [7, 11) is 0. The summed E-state index contributed by atoms with van der Waals surface area (Å²) in [6, 6.07) is 13.5. The molecule has 2 aromatic carbocycles. The molecule has 0 bridgehead atoms. The molecule has 0 fully saturated rings. The molecule has 0 atom stereocenters. The first-order valence-corrected chi connectivity index (χ1v) is 10.5. The molecule has 0 unspecified atom stereocenters. The van der Waals surface area contributed by atoms with Crippen molar-refractivity contribution in [1.29, 1.82) is 0 Å². The van der Waals surface area contributed by atoms with Gasteiger partial charge in [0.15, 0.2) is 10.9 Å². The highest BCUT2D eigenvalue weighted by Gasteiger charge is 2.16. The van der Waals surface area contributed by atoms with Gasteiger partial charge in [-0.25, -0.2) is 4.98 Å². The first-order valence-electron chi connectivity index (χ1n) is 9.24. The Morgan fingerprint density at radius 2 is 1.93 bits per heavy atom. The maximum atomic E-state index is 12.5. The van der Waals surface area contributed by atoms with Crippen LogP contribution in [0, 0.1) is 0 Å². The van der Waals surface area contributed by atoms with Crippen molar-refractivity contribution in [2.24, 2.45) is 0 Å². The molecule has 2 heterocycles. The van der Waals surface area contributed by atoms with E-state index < -0.39 is 0 Å². The summed E-state index contributed by atoms with van der Waals surface area (Å²) in [6.07, 6.45) is 4.81. The first-order chi connectivity index (χ1) is 13.7. The molecule has 1 aliphatic rings. The Hall–Kier alpha value is -2.63. The molecule has 0 aliphatic heterocycles. The van der Waals surface area contributed by atoms with Crippen LogP contribution in [0.25, 0.3) is 22.2 Å². The molecule has 4 nitrogen and oxygen atoms in total. The molecule has 0 saturated heterocycles. The number of hydrogen-bond acceptors (Lipinski definition) is 4. The van der Waals surface area contributed by atoms with Crippen LogP contribution in [0.5, 0.6) is 0 Å². The van der Waals surface area contributed by atoms with E-state index in [1.54, 1.807) is 24.3 Å². The first kappa shape index (κ1) is 17.5. The van der Waals surface area contributed by atoms with Crippen molar-refractivity contribution in [3.05, 3.63) is 69.8 Å². The number of aryl methyl sites for hydroxylation is 2. The second kappa shape index (κ2) is 7.08.